The fourth-order valence-electron chi connectivity index (χ4n) is 2.20. The molecule has 0 unspecified atom stereocenters. The normalized spacial score (nSPS) is 13.2. The summed E-state index contributed by atoms with van der Waals surface area (Å²) in [6, 6.07) is 6.32. The molecule has 1 heterocycles. The van der Waals surface area contributed by atoms with Gasteiger partial charge in [0, 0.05) is 29.0 Å². The quantitative estimate of drug-likeness (QED) is 0.474. The molecular weight excluding hydrogens is 300 g/mol. The smallest absolute Gasteiger partial charge is 0.227 e. The molecule has 2 aromatic rings. The lowest BCUT2D eigenvalue weighted by atomic mass is 10.1. The minimum atomic E-state index is -4.93. The first-order chi connectivity index (χ1) is 9.71. The monoisotopic (exact) mass is 311 g/mol. The number of fused-ring (bicyclic) bond motifs is 1. The number of carbonyl (C=O) groups excluding carboxylic acids is 1. The third-order valence-corrected chi connectivity index (χ3v) is 4.19. The van der Waals surface area contributed by atoms with E-state index < -0.39 is 26.8 Å². The zero-order valence-electron chi connectivity index (χ0n) is 10.9. The van der Waals surface area contributed by atoms with Gasteiger partial charge in [-0.05, 0) is 6.07 Å². The van der Waals surface area contributed by atoms with Crippen LogP contribution in [0.3, 0.4) is 0 Å². The van der Waals surface area contributed by atoms with Crippen LogP contribution in [0.5, 0.6) is 0 Å². The molecular formula is C12H11N2O6S-. The molecule has 0 spiro atoms. The van der Waals surface area contributed by atoms with E-state index in [0.29, 0.717) is 10.9 Å². The van der Waals surface area contributed by atoms with Crippen LogP contribution in [0.1, 0.15) is 22.5 Å². The minimum Gasteiger partial charge on any atom is -0.747 e. The van der Waals surface area contributed by atoms with Crippen LogP contribution in [-0.4, -0.2) is 34.9 Å². The Labute approximate surface area is 119 Å². The van der Waals surface area contributed by atoms with Crippen molar-refractivity contribution < 1.29 is 22.7 Å². The average molecular weight is 311 g/mol. The van der Waals surface area contributed by atoms with Gasteiger partial charge in [0.05, 0.1) is 5.52 Å². The Morgan fingerprint density at radius 3 is 2.52 bits per heavy atom. The molecule has 0 aliphatic rings. The Morgan fingerprint density at radius 1 is 1.38 bits per heavy atom. The molecule has 9 heteroatoms. The van der Waals surface area contributed by atoms with E-state index in [9.17, 15) is 27.9 Å². The zero-order valence-corrected chi connectivity index (χ0v) is 11.7. The van der Waals surface area contributed by atoms with Gasteiger partial charge < -0.3 is 4.55 Å². The maximum Gasteiger partial charge on any atom is 0.227 e. The molecule has 0 bridgehead atoms. The molecule has 0 saturated heterocycles. The summed E-state index contributed by atoms with van der Waals surface area (Å²) in [5.41, 5.74) is 0.365. The highest BCUT2D eigenvalue weighted by Gasteiger charge is 2.28. The predicted molar refractivity (Wildman–Crippen MR) is 72.5 cm³/mol. The van der Waals surface area contributed by atoms with E-state index in [2.05, 4.69) is 0 Å². The second-order valence-electron chi connectivity index (χ2n) is 4.49. The first-order valence-electron chi connectivity index (χ1n) is 5.89. The molecule has 0 fully saturated rings. The summed E-state index contributed by atoms with van der Waals surface area (Å²) in [7, 11) is -4.93. The van der Waals surface area contributed by atoms with Crippen molar-refractivity contribution >= 4 is 26.9 Å². The van der Waals surface area contributed by atoms with E-state index in [0.717, 1.165) is 0 Å². The van der Waals surface area contributed by atoms with Crippen molar-refractivity contribution in [2.75, 3.05) is 6.54 Å². The van der Waals surface area contributed by atoms with Crippen LogP contribution in [0.25, 0.3) is 10.9 Å². The fourth-order valence-corrected chi connectivity index (χ4v) is 3.01. The van der Waals surface area contributed by atoms with Gasteiger partial charge >= 0.3 is 0 Å². The van der Waals surface area contributed by atoms with Gasteiger partial charge in [-0.3, -0.25) is 19.5 Å². The molecule has 1 aromatic heterocycles. The number of benzene rings is 1. The molecule has 0 N–H and O–H groups in total. The van der Waals surface area contributed by atoms with E-state index >= 15 is 0 Å². The van der Waals surface area contributed by atoms with Crippen LogP contribution < -0.4 is 0 Å². The number of carbonyl (C=O) groups is 1. The van der Waals surface area contributed by atoms with Crippen LogP contribution >= 0.6 is 0 Å². The highest BCUT2D eigenvalue weighted by Crippen LogP contribution is 2.31. The predicted octanol–water partition coefficient (Wildman–Crippen LogP) is 1.16. The molecule has 0 radical (unpaired) electrons. The number of para-hydroxylation sites is 1. The number of rotatable bonds is 4. The standard InChI is InChI=1S/C12H12N2O6S/c1-8(15)13-6-10(9-4-2-3-5-11(9)13)12(7-14(16)17)21(18,19)20/h2-6,12H,7H2,1H3,(H,18,19,20)/p-1/t12-/m1/s1. The van der Waals surface area contributed by atoms with Crippen molar-refractivity contribution in [2.45, 2.75) is 12.2 Å². The number of hydrogen-bond acceptors (Lipinski definition) is 6. The van der Waals surface area contributed by atoms with E-state index in [1.807, 2.05) is 0 Å². The topological polar surface area (TPSA) is 122 Å². The molecule has 112 valence electrons. The third-order valence-electron chi connectivity index (χ3n) is 3.09. The van der Waals surface area contributed by atoms with Crippen LogP contribution in [0.15, 0.2) is 30.5 Å². The molecule has 0 amide bonds. The second-order valence-corrected chi connectivity index (χ2v) is 6.04. The number of aromatic nitrogens is 1. The maximum absolute atomic E-state index is 11.6. The van der Waals surface area contributed by atoms with Gasteiger partial charge in [-0.1, -0.05) is 18.2 Å². The minimum absolute atomic E-state index is 0.0347. The van der Waals surface area contributed by atoms with Gasteiger partial charge in [0.25, 0.3) is 0 Å². The number of hydrogen-bond donors (Lipinski definition) is 0. The largest absolute Gasteiger partial charge is 0.747 e. The highest BCUT2D eigenvalue weighted by atomic mass is 32.2. The van der Waals surface area contributed by atoms with Crippen molar-refractivity contribution in [1.29, 1.82) is 0 Å². The second kappa shape index (κ2) is 5.26. The van der Waals surface area contributed by atoms with Crippen LogP contribution in [0.2, 0.25) is 0 Å². The molecule has 0 aliphatic carbocycles. The lowest BCUT2D eigenvalue weighted by Gasteiger charge is -2.16. The zero-order chi connectivity index (χ0) is 15.8. The molecule has 8 nitrogen and oxygen atoms in total. The summed E-state index contributed by atoms with van der Waals surface area (Å²) in [5.74, 6) is -0.388. The Kier molecular flexibility index (Phi) is 3.79. The summed E-state index contributed by atoms with van der Waals surface area (Å²) >= 11 is 0. The SMILES string of the molecule is CC(=O)n1cc([C@@H](C[N+](=O)[O-])S(=O)(=O)[O-])c2ccccc21. The van der Waals surface area contributed by atoms with Gasteiger partial charge in [0.2, 0.25) is 12.5 Å². The number of nitro groups is 1. The summed E-state index contributed by atoms with van der Waals surface area (Å²) < 4.78 is 35.2. The van der Waals surface area contributed by atoms with Gasteiger partial charge in [0.1, 0.15) is 15.4 Å². The van der Waals surface area contributed by atoms with Crippen molar-refractivity contribution in [3.8, 4) is 0 Å². The summed E-state index contributed by atoms with van der Waals surface area (Å²) in [5, 5.41) is 9.13. The van der Waals surface area contributed by atoms with E-state index in [4.69, 9.17) is 0 Å². The lowest BCUT2D eigenvalue weighted by Crippen LogP contribution is -2.21. The lowest BCUT2D eigenvalue weighted by molar-refractivity contribution is -0.480. The third kappa shape index (κ3) is 2.93. The Bertz CT molecular complexity index is 823. The average Bonchev–Trinajstić information content (AvgIpc) is 2.74. The van der Waals surface area contributed by atoms with Gasteiger partial charge in [-0.25, -0.2) is 8.42 Å². The first kappa shape index (κ1) is 15.1. The van der Waals surface area contributed by atoms with Gasteiger partial charge in [-0.15, -0.1) is 0 Å². The van der Waals surface area contributed by atoms with Crippen molar-refractivity contribution in [2.24, 2.45) is 0 Å². The van der Waals surface area contributed by atoms with Crippen molar-refractivity contribution in [1.82, 2.24) is 4.57 Å². The molecule has 0 aliphatic heterocycles. The highest BCUT2D eigenvalue weighted by molar-refractivity contribution is 7.86. The van der Waals surface area contributed by atoms with E-state index in [-0.39, 0.29) is 11.5 Å². The molecule has 21 heavy (non-hydrogen) atoms. The Balaban J connectivity index is 2.74. The first-order valence-corrected chi connectivity index (χ1v) is 7.36. The fraction of sp³-hybridized carbons (Fsp3) is 0.250. The summed E-state index contributed by atoms with van der Waals surface area (Å²) in [4.78, 5) is 21.3. The van der Waals surface area contributed by atoms with Crippen molar-refractivity contribution in [3.05, 3.63) is 46.1 Å². The Hall–Kier alpha value is -2.26. The van der Waals surface area contributed by atoms with Crippen LogP contribution in [0.4, 0.5) is 0 Å². The van der Waals surface area contributed by atoms with Crippen LogP contribution in [0, 0.1) is 10.1 Å². The molecule has 2 rings (SSSR count). The summed E-state index contributed by atoms with van der Waals surface area (Å²) in [6.45, 7) is 0.224. The van der Waals surface area contributed by atoms with E-state index in [1.165, 1.54) is 23.8 Å². The summed E-state index contributed by atoms with van der Waals surface area (Å²) in [6.07, 6.45) is 1.18. The maximum atomic E-state index is 11.6. The van der Waals surface area contributed by atoms with Crippen LogP contribution in [-0.2, 0) is 10.1 Å². The molecule has 0 saturated carbocycles. The van der Waals surface area contributed by atoms with E-state index in [1.54, 1.807) is 18.2 Å². The van der Waals surface area contributed by atoms with Gasteiger partial charge in [-0.2, -0.15) is 0 Å². The van der Waals surface area contributed by atoms with Gasteiger partial charge in [0.15, 0.2) is 0 Å². The molecule has 1 atom stereocenters. The molecule has 1 aromatic carbocycles. The Morgan fingerprint density at radius 2 is 2.00 bits per heavy atom. The van der Waals surface area contributed by atoms with Crippen molar-refractivity contribution in [3.63, 3.8) is 0 Å². The number of nitrogens with zero attached hydrogens (tertiary/aromatic N) is 2.